The quantitative estimate of drug-likeness (QED) is 0.917. The van der Waals surface area contributed by atoms with E-state index in [1.165, 1.54) is 4.68 Å². The average Bonchev–Trinajstić information content (AvgIpc) is 2.73. The number of hydrogen-bond acceptors (Lipinski definition) is 4. The van der Waals surface area contributed by atoms with Crippen LogP contribution < -0.4 is 16.2 Å². The first kappa shape index (κ1) is 14.3. The maximum Gasteiger partial charge on any atom is 0.287 e. The van der Waals surface area contributed by atoms with E-state index in [-0.39, 0.29) is 16.6 Å². The fourth-order valence-electron chi connectivity index (χ4n) is 2.65. The zero-order valence-corrected chi connectivity index (χ0v) is 12.4. The molecule has 6 heteroatoms. The number of hydrogen-bond donors (Lipinski definition) is 1. The van der Waals surface area contributed by atoms with Crippen molar-refractivity contribution in [3.8, 4) is 0 Å². The summed E-state index contributed by atoms with van der Waals surface area (Å²) < 4.78 is 1.41. The second kappa shape index (κ2) is 5.51. The Bertz CT molecular complexity index is 514. The fraction of sp³-hybridized carbons (Fsp3) is 0.692. The molecule has 2 atom stereocenters. The molecule has 1 aromatic rings. The Morgan fingerprint density at radius 1 is 1.58 bits per heavy atom. The van der Waals surface area contributed by atoms with E-state index in [2.05, 4.69) is 16.9 Å². The summed E-state index contributed by atoms with van der Waals surface area (Å²) in [5, 5.41) is 4.47. The highest BCUT2D eigenvalue weighted by atomic mass is 35.5. The number of anilines is 1. The lowest BCUT2D eigenvalue weighted by molar-refractivity contribution is 0.502. The first-order chi connectivity index (χ1) is 8.95. The van der Waals surface area contributed by atoms with E-state index >= 15 is 0 Å². The van der Waals surface area contributed by atoms with Gasteiger partial charge < -0.3 is 10.6 Å². The maximum absolute atomic E-state index is 12.2. The summed E-state index contributed by atoms with van der Waals surface area (Å²) in [5.41, 5.74) is 6.23. The van der Waals surface area contributed by atoms with Gasteiger partial charge in [0, 0.05) is 12.6 Å². The summed E-state index contributed by atoms with van der Waals surface area (Å²) in [6.45, 7) is 7.44. The van der Waals surface area contributed by atoms with Gasteiger partial charge in [0.1, 0.15) is 5.02 Å². The molecular weight excluding hydrogens is 264 g/mol. The van der Waals surface area contributed by atoms with Gasteiger partial charge in [0.2, 0.25) is 0 Å². The maximum atomic E-state index is 12.2. The van der Waals surface area contributed by atoms with Crippen molar-refractivity contribution in [2.45, 2.75) is 39.3 Å². The minimum absolute atomic E-state index is 0.00634. The van der Waals surface area contributed by atoms with Crippen LogP contribution in [0.25, 0.3) is 0 Å². The van der Waals surface area contributed by atoms with Crippen molar-refractivity contribution in [1.29, 1.82) is 0 Å². The van der Waals surface area contributed by atoms with Crippen molar-refractivity contribution in [2.75, 3.05) is 18.0 Å². The molecule has 0 aliphatic carbocycles. The molecule has 1 aliphatic rings. The van der Waals surface area contributed by atoms with Crippen molar-refractivity contribution < 1.29 is 0 Å². The highest BCUT2D eigenvalue weighted by Gasteiger charge is 2.30. The van der Waals surface area contributed by atoms with Crippen LogP contribution in [0.1, 0.15) is 33.2 Å². The molecule has 2 N–H and O–H groups in total. The first-order valence-electron chi connectivity index (χ1n) is 6.69. The van der Waals surface area contributed by atoms with Gasteiger partial charge in [0.05, 0.1) is 17.9 Å². The van der Waals surface area contributed by atoms with Gasteiger partial charge in [0.15, 0.2) is 0 Å². The van der Waals surface area contributed by atoms with Crippen LogP contribution in [0.15, 0.2) is 11.0 Å². The molecule has 1 aromatic heterocycles. The second-order valence-corrected chi connectivity index (χ2v) is 5.90. The lowest BCUT2D eigenvalue weighted by atomic mass is 10.1. The SMILES string of the molecule is CC1CC(CN)CN1c1cnn(C(C)C)c(=O)c1Cl. The number of rotatable bonds is 3. The summed E-state index contributed by atoms with van der Waals surface area (Å²) in [6.07, 6.45) is 2.72. The van der Waals surface area contributed by atoms with Crippen LogP contribution in [0, 0.1) is 5.92 Å². The molecule has 0 amide bonds. The highest BCUT2D eigenvalue weighted by Crippen LogP contribution is 2.31. The van der Waals surface area contributed by atoms with Crippen molar-refractivity contribution in [3.05, 3.63) is 21.6 Å². The van der Waals surface area contributed by atoms with Gasteiger partial charge in [-0.2, -0.15) is 5.10 Å². The molecule has 2 rings (SSSR count). The number of halogens is 1. The van der Waals surface area contributed by atoms with E-state index in [1.54, 1.807) is 6.20 Å². The molecule has 2 unspecified atom stereocenters. The van der Waals surface area contributed by atoms with E-state index in [1.807, 2.05) is 13.8 Å². The Morgan fingerprint density at radius 2 is 2.26 bits per heavy atom. The third kappa shape index (κ3) is 2.62. The Labute approximate surface area is 118 Å². The summed E-state index contributed by atoms with van der Waals surface area (Å²) in [4.78, 5) is 14.3. The third-order valence-corrected chi connectivity index (χ3v) is 4.07. The van der Waals surface area contributed by atoms with E-state index in [0.29, 0.717) is 18.5 Å². The molecule has 19 heavy (non-hydrogen) atoms. The van der Waals surface area contributed by atoms with E-state index in [0.717, 1.165) is 18.7 Å². The molecule has 0 spiro atoms. The van der Waals surface area contributed by atoms with E-state index in [9.17, 15) is 4.79 Å². The Hall–Kier alpha value is -1.07. The summed E-state index contributed by atoms with van der Waals surface area (Å²) in [5.74, 6) is 0.457. The van der Waals surface area contributed by atoms with Crippen LogP contribution in [0.4, 0.5) is 5.69 Å². The minimum Gasteiger partial charge on any atom is -0.366 e. The Balaban J connectivity index is 2.37. The molecule has 1 saturated heterocycles. The molecule has 106 valence electrons. The lowest BCUT2D eigenvalue weighted by Crippen LogP contribution is -2.32. The predicted octanol–water partition coefficient (Wildman–Crippen LogP) is 1.65. The molecule has 0 bridgehead atoms. The molecule has 2 heterocycles. The van der Waals surface area contributed by atoms with Gasteiger partial charge in [0.25, 0.3) is 5.56 Å². The summed E-state index contributed by atoms with van der Waals surface area (Å²) in [6, 6.07) is 0.342. The van der Waals surface area contributed by atoms with Gasteiger partial charge in [-0.05, 0) is 39.7 Å². The van der Waals surface area contributed by atoms with Crippen molar-refractivity contribution in [1.82, 2.24) is 9.78 Å². The molecule has 1 aliphatic heterocycles. The topological polar surface area (TPSA) is 64.2 Å². The minimum atomic E-state index is -0.224. The standard InChI is InChI=1S/C13H21ClN4O/c1-8(2)18-13(19)12(14)11(6-16-18)17-7-10(5-15)4-9(17)3/h6,8-10H,4-5,7,15H2,1-3H3. The smallest absolute Gasteiger partial charge is 0.287 e. The number of nitrogens with two attached hydrogens (primary N) is 1. The van der Waals surface area contributed by atoms with Crippen LogP contribution in [0.5, 0.6) is 0 Å². The van der Waals surface area contributed by atoms with E-state index in [4.69, 9.17) is 17.3 Å². The normalized spacial score (nSPS) is 23.4. The van der Waals surface area contributed by atoms with Crippen molar-refractivity contribution in [3.63, 3.8) is 0 Å². The van der Waals surface area contributed by atoms with Gasteiger partial charge >= 0.3 is 0 Å². The predicted molar refractivity (Wildman–Crippen MR) is 77.9 cm³/mol. The molecule has 0 saturated carbocycles. The lowest BCUT2D eigenvalue weighted by Gasteiger charge is -2.25. The molecule has 0 aromatic carbocycles. The number of aromatic nitrogens is 2. The van der Waals surface area contributed by atoms with Crippen LogP contribution in [0.3, 0.4) is 0 Å². The van der Waals surface area contributed by atoms with Crippen LogP contribution in [-0.2, 0) is 0 Å². The van der Waals surface area contributed by atoms with Crippen molar-refractivity contribution in [2.24, 2.45) is 11.7 Å². The molecule has 5 nitrogen and oxygen atoms in total. The van der Waals surface area contributed by atoms with Gasteiger partial charge in [-0.3, -0.25) is 4.79 Å². The first-order valence-corrected chi connectivity index (χ1v) is 7.07. The van der Waals surface area contributed by atoms with Gasteiger partial charge in [-0.15, -0.1) is 0 Å². The van der Waals surface area contributed by atoms with Crippen LogP contribution in [-0.4, -0.2) is 28.9 Å². The highest BCUT2D eigenvalue weighted by molar-refractivity contribution is 6.33. The molecule has 0 radical (unpaired) electrons. The molecular formula is C13H21ClN4O. The Morgan fingerprint density at radius 3 is 2.79 bits per heavy atom. The largest absolute Gasteiger partial charge is 0.366 e. The summed E-state index contributed by atoms with van der Waals surface area (Å²) in [7, 11) is 0. The van der Waals surface area contributed by atoms with Crippen LogP contribution >= 0.6 is 11.6 Å². The summed E-state index contributed by atoms with van der Waals surface area (Å²) >= 11 is 6.23. The Kier molecular flexibility index (Phi) is 4.16. The zero-order chi connectivity index (χ0) is 14.2. The third-order valence-electron chi connectivity index (χ3n) is 3.72. The molecule has 1 fully saturated rings. The monoisotopic (exact) mass is 284 g/mol. The fourth-order valence-corrected chi connectivity index (χ4v) is 2.90. The zero-order valence-electron chi connectivity index (χ0n) is 11.6. The van der Waals surface area contributed by atoms with Gasteiger partial charge in [-0.25, -0.2) is 4.68 Å². The van der Waals surface area contributed by atoms with Crippen LogP contribution in [0.2, 0.25) is 5.02 Å². The van der Waals surface area contributed by atoms with Gasteiger partial charge in [-0.1, -0.05) is 11.6 Å². The van der Waals surface area contributed by atoms with E-state index < -0.39 is 0 Å². The average molecular weight is 285 g/mol. The number of nitrogens with zero attached hydrogens (tertiary/aromatic N) is 3. The second-order valence-electron chi connectivity index (χ2n) is 5.53. The van der Waals surface area contributed by atoms with Crippen molar-refractivity contribution >= 4 is 17.3 Å².